The number of ether oxygens (including phenoxy) is 1. The van der Waals surface area contributed by atoms with Gasteiger partial charge in [-0.2, -0.15) is 11.3 Å². The zero-order valence-corrected chi connectivity index (χ0v) is 13.6. The maximum Gasteiger partial charge on any atom is 0.317 e. The van der Waals surface area contributed by atoms with Crippen molar-refractivity contribution in [3.8, 4) is 16.3 Å². The van der Waals surface area contributed by atoms with Gasteiger partial charge in [-0.3, -0.25) is 14.9 Å². The molecule has 3 aromatic rings. The van der Waals surface area contributed by atoms with E-state index in [-0.39, 0.29) is 6.42 Å². The molecule has 0 amide bonds. The minimum absolute atomic E-state index is 0.158. The summed E-state index contributed by atoms with van der Waals surface area (Å²) in [6, 6.07) is 4.62. The number of carbonyl (C=O) groups excluding carboxylic acids is 1. The van der Waals surface area contributed by atoms with Crippen molar-refractivity contribution in [3.63, 3.8) is 0 Å². The van der Waals surface area contributed by atoms with Crippen LogP contribution >= 0.6 is 22.7 Å². The maximum atomic E-state index is 13.2. The highest BCUT2D eigenvalue weighted by atomic mass is 32.1. The minimum atomic E-state index is -0.745. The van der Waals surface area contributed by atoms with E-state index in [1.54, 1.807) is 16.7 Å². The first-order valence-electron chi connectivity index (χ1n) is 6.64. The van der Waals surface area contributed by atoms with E-state index in [1.165, 1.54) is 11.3 Å². The van der Waals surface area contributed by atoms with Gasteiger partial charge >= 0.3 is 11.7 Å². The van der Waals surface area contributed by atoms with Crippen LogP contribution in [0.25, 0.3) is 10.6 Å². The van der Waals surface area contributed by atoms with Crippen molar-refractivity contribution in [1.29, 1.82) is 0 Å². The smallest absolute Gasteiger partial charge is 0.317 e. The molecule has 6 nitrogen and oxygen atoms in total. The lowest BCUT2D eigenvalue weighted by Crippen LogP contribution is -2.12. The number of benzene rings is 1. The van der Waals surface area contributed by atoms with E-state index in [0.29, 0.717) is 5.69 Å². The van der Waals surface area contributed by atoms with Gasteiger partial charge in [-0.1, -0.05) is 0 Å². The molecule has 1 aromatic carbocycles. The average Bonchev–Trinajstić information content (AvgIpc) is 3.17. The van der Waals surface area contributed by atoms with Crippen LogP contribution in [-0.2, 0) is 11.2 Å². The normalized spacial score (nSPS) is 10.5. The Kier molecular flexibility index (Phi) is 4.63. The predicted molar refractivity (Wildman–Crippen MR) is 87.8 cm³/mol. The number of esters is 1. The second-order valence-corrected chi connectivity index (χ2v) is 6.31. The van der Waals surface area contributed by atoms with E-state index in [1.807, 2.05) is 16.8 Å². The summed E-state index contributed by atoms with van der Waals surface area (Å²) in [5.74, 6) is -1.89. The molecule has 3 rings (SSSR count). The molecule has 0 unspecified atom stereocenters. The molecule has 24 heavy (non-hydrogen) atoms. The first-order valence-corrected chi connectivity index (χ1v) is 8.47. The maximum absolute atomic E-state index is 13.2. The molecule has 2 heterocycles. The molecule has 0 spiro atoms. The fraction of sp³-hybridized carbons (Fsp3) is 0.0667. The topological polar surface area (TPSA) is 82.3 Å². The molecule has 0 aliphatic heterocycles. The fourth-order valence-electron chi connectivity index (χ4n) is 1.93. The van der Waals surface area contributed by atoms with Crippen LogP contribution in [0.2, 0.25) is 0 Å². The van der Waals surface area contributed by atoms with Crippen LogP contribution in [-0.4, -0.2) is 15.9 Å². The Balaban J connectivity index is 1.72. The summed E-state index contributed by atoms with van der Waals surface area (Å²) in [5, 5.41) is 17.2. The van der Waals surface area contributed by atoms with Crippen LogP contribution in [0.1, 0.15) is 5.69 Å². The Hall–Kier alpha value is -2.65. The third-order valence-corrected chi connectivity index (χ3v) is 4.61. The number of hydrogen-bond donors (Lipinski definition) is 0. The Labute approximate surface area is 143 Å². The van der Waals surface area contributed by atoms with Crippen LogP contribution < -0.4 is 4.74 Å². The van der Waals surface area contributed by atoms with Crippen LogP contribution in [0.4, 0.5) is 10.1 Å². The number of rotatable bonds is 5. The summed E-state index contributed by atoms with van der Waals surface area (Å²) in [4.78, 5) is 26.4. The highest BCUT2D eigenvalue weighted by molar-refractivity contribution is 7.14. The van der Waals surface area contributed by atoms with Gasteiger partial charge in [-0.25, -0.2) is 9.37 Å². The number of carbonyl (C=O) groups is 1. The molecule has 0 radical (unpaired) electrons. The summed E-state index contributed by atoms with van der Waals surface area (Å²) >= 11 is 2.93. The molecule has 0 aliphatic carbocycles. The zero-order valence-electron chi connectivity index (χ0n) is 12.0. The van der Waals surface area contributed by atoms with Gasteiger partial charge in [0.15, 0.2) is 0 Å². The van der Waals surface area contributed by atoms with E-state index < -0.39 is 28.1 Å². The molecule has 0 saturated carbocycles. The SMILES string of the molecule is O=C(Cc1csc(-c2ccsc2)n1)Oc1cc(F)ccc1[N+](=O)[O-]. The third kappa shape index (κ3) is 3.63. The lowest BCUT2D eigenvalue weighted by atomic mass is 10.3. The largest absolute Gasteiger partial charge is 0.419 e. The number of hydrogen-bond acceptors (Lipinski definition) is 7. The van der Waals surface area contributed by atoms with Crippen molar-refractivity contribution in [1.82, 2.24) is 4.98 Å². The Bertz CT molecular complexity index is 893. The second-order valence-electron chi connectivity index (χ2n) is 4.68. The molecule has 0 atom stereocenters. The van der Waals surface area contributed by atoms with Gasteiger partial charge in [-0.15, -0.1) is 11.3 Å². The van der Waals surface area contributed by atoms with E-state index in [4.69, 9.17) is 4.74 Å². The first kappa shape index (κ1) is 16.2. The van der Waals surface area contributed by atoms with Gasteiger partial charge < -0.3 is 4.74 Å². The highest BCUT2D eigenvalue weighted by Gasteiger charge is 2.20. The van der Waals surface area contributed by atoms with Gasteiger partial charge in [0.05, 0.1) is 17.0 Å². The molecular weight excluding hydrogens is 355 g/mol. The Morgan fingerprint density at radius 2 is 2.17 bits per heavy atom. The number of nitro benzene ring substituents is 1. The van der Waals surface area contributed by atoms with Crippen LogP contribution in [0, 0.1) is 15.9 Å². The standard InChI is InChI=1S/C15H9FN2O4S2/c16-10-1-2-12(18(20)21)13(5-10)22-14(19)6-11-8-24-15(17-11)9-3-4-23-7-9/h1-5,7-8H,6H2. The molecule has 0 saturated heterocycles. The van der Waals surface area contributed by atoms with Crippen molar-refractivity contribution in [2.24, 2.45) is 0 Å². The number of thiazole rings is 1. The highest BCUT2D eigenvalue weighted by Crippen LogP contribution is 2.29. The monoisotopic (exact) mass is 364 g/mol. The quantitative estimate of drug-likeness (QED) is 0.295. The summed E-state index contributed by atoms with van der Waals surface area (Å²) in [5.41, 5.74) is 0.984. The van der Waals surface area contributed by atoms with Crippen LogP contribution in [0.5, 0.6) is 5.75 Å². The molecule has 0 bridgehead atoms. The van der Waals surface area contributed by atoms with Crippen molar-refractivity contribution >= 4 is 34.3 Å². The summed E-state index contributed by atoms with van der Waals surface area (Å²) < 4.78 is 18.2. The molecule has 0 fully saturated rings. The third-order valence-electron chi connectivity index (χ3n) is 2.99. The van der Waals surface area contributed by atoms with Crippen molar-refractivity contribution in [2.75, 3.05) is 0 Å². The number of halogens is 1. The van der Waals surface area contributed by atoms with Gasteiger partial charge in [0, 0.05) is 28.5 Å². The van der Waals surface area contributed by atoms with Gasteiger partial charge in [0.25, 0.3) is 0 Å². The number of nitrogens with zero attached hydrogens (tertiary/aromatic N) is 2. The number of aromatic nitrogens is 1. The number of nitro groups is 1. The molecule has 9 heteroatoms. The lowest BCUT2D eigenvalue weighted by Gasteiger charge is -2.04. The van der Waals surface area contributed by atoms with E-state index in [9.17, 15) is 19.3 Å². The van der Waals surface area contributed by atoms with Gasteiger partial charge in [0.1, 0.15) is 10.8 Å². The summed E-state index contributed by atoms with van der Waals surface area (Å²) in [7, 11) is 0. The molecule has 2 aromatic heterocycles. The summed E-state index contributed by atoms with van der Waals surface area (Å²) in [6.45, 7) is 0. The molecule has 122 valence electrons. The van der Waals surface area contributed by atoms with Crippen LogP contribution in [0.15, 0.2) is 40.4 Å². The minimum Gasteiger partial charge on any atom is -0.419 e. The summed E-state index contributed by atoms with van der Waals surface area (Å²) in [6.07, 6.45) is -0.158. The first-order chi connectivity index (χ1) is 11.5. The molecule has 0 N–H and O–H groups in total. The second kappa shape index (κ2) is 6.85. The van der Waals surface area contributed by atoms with E-state index in [2.05, 4.69) is 4.98 Å². The molecule has 0 aliphatic rings. The van der Waals surface area contributed by atoms with E-state index >= 15 is 0 Å². The van der Waals surface area contributed by atoms with Crippen molar-refractivity contribution in [3.05, 3.63) is 62.0 Å². The van der Waals surface area contributed by atoms with E-state index in [0.717, 1.165) is 28.8 Å². The lowest BCUT2D eigenvalue weighted by molar-refractivity contribution is -0.385. The predicted octanol–water partition coefficient (Wildman–Crippen LogP) is 4.07. The Morgan fingerprint density at radius 1 is 1.33 bits per heavy atom. The average molecular weight is 364 g/mol. The van der Waals surface area contributed by atoms with Crippen molar-refractivity contribution in [2.45, 2.75) is 6.42 Å². The molecular formula is C15H9FN2O4S2. The van der Waals surface area contributed by atoms with Crippen molar-refractivity contribution < 1.29 is 18.8 Å². The van der Waals surface area contributed by atoms with Crippen LogP contribution in [0.3, 0.4) is 0 Å². The van der Waals surface area contributed by atoms with Gasteiger partial charge in [0.2, 0.25) is 5.75 Å². The van der Waals surface area contributed by atoms with Gasteiger partial charge in [-0.05, 0) is 17.5 Å². The zero-order chi connectivity index (χ0) is 17.1. The Morgan fingerprint density at radius 3 is 2.88 bits per heavy atom. The fourth-order valence-corrected chi connectivity index (χ4v) is 3.47. The number of thiophene rings is 1.